The number of ether oxygens (including phenoxy) is 2. The van der Waals surface area contributed by atoms with Crippen LogP contribution in [0.4, 0.5) is 5.69 Å². The van der Waals surface area contributed by atoms with E-state index >= 15 is 0 Å². The molecule has 30 heavy (non-hydrogen) atoms. The molecule has 152 valence electrons. The first-order valence-corrected chi connectivity index (χ1v) is 9.78. The van der Waals surface area contributed by atoms with Crippen molar-refractivity contribution >= 4 is 11.6 Å². The highest BCUT2D eigenvalue weighted by Gasteiger charge is 2.10. The molecule has 2 aromatic carbocycles. The zero-order valence-electron chi connectivity index (χ0n) is 17.0. The molecule has 1 heterocycles. The summed E-state index contributed by atoms with van der Waals surface area (Å²) in [5.74, 6) is 1.33. The van der Waals surface area contributed by atoms with E-state index in [1.165, 1.54) is 0 Å². The van der Waals surface area contributed by atoms with E-state index in [9.17, 15) is 4.79 Å². The minimum Gasteiger partial charge on any atom is -0.494 e. The molecule has 0 unspecified atom stereocenters. The molecule has 0 radical (unpaired) electrons. The maximum Gasteiger partial charge on any atom is 0.255 e. The Kier molecular flexibility index (Phi) is 7.01. The predicted octanol–water partition coefficient (Wildman–Crippen LogP) is 5.49. The lowest BCUT2D eigenvalue weighted by molar-refractivity contribution is 0.102. The van der Waals surface area contributed by atoms with Crippen molar-refractivity contribution in [2.24, 2.45) is 0 Å². The van der Waals surface area contributed by atoms with Gasteiger partial charge in [-0.3, -0.25) is 4.79 Å². The van der Waals surface area contributed by atoms with Crippen LogP contribution < -0.4 is 14.8 Å². The standard InChI is InChI=1S/C24H23N3O3/c1-3-4-14-29-20-9-7-18(8-10-20)23(28)27-22-12-11-21(15-17(22)2)30-24-19(16-25)6-5-13-26-24/h5-13,15H,3-4,14H2,1-2H3,(H,27,28). The summed E-state index contributed by atoms with van der Waals surface area (Å²) < 4.78 is 11.3. The van der Waals surface area contributed by atoms with Gasteiger partial charge in [0.15, 0.2) is 0 Å². The van der Waals surface area contributed by atoms with Crippen LogP contribution in [0.2, 0.25) is 0 Å². The van der Waals surface area contributed by atoms with E-state index < -0.39 is 0 Å². The number of hydrogen-bond donors (Lipinski definition) is 1. The fourth-order valence-corrected chi connectivity index (χ4v) is 2.74. The average Bonchev–Trinajstić information content (AvgIpc) is 2.76. The zero-order valence-corrected chi connectivity index (χ0v) is 17.0. The molecule has 6 heteroatoms. The first-order chi connectivity index (χ1) is 14.6. The molecule has 0 saturated heterocycles. The number of benzene rings is 2. The molecule has 3 aromatic rings. The molecule has 1 N–H and O–H groups in total. The lowest BCUT2D eigenvalue weighted by Crippen LogP contribution is -2.12. The van der Waals surface area contributed by atoms with Crippen LogP contribution in [-0.2, 0) is 0 Å². The highest BCUT2D eigenvalue weighted by atomic mass is 16.5. The van der Waals surface area contributed by atoms with Crippen LogP contribution in [-0.4, -0.2) is 17.5 Å². The third-order valence-corrected chi connectivity index (χ3v) is 4.44. The number of amides is 1. The maximum atomic E-state index is 12.6. The Morgan fingerprint density at radius 2 is 1.90 bits per heavy atom. The van der Waals surface area contributed by atoms with Gasteiger partial charge in [-0.15, -0.1) is 0 Å². The molecule has 6 nitrogen and oxygen atoms in total. The summed E-state index contributed by atoms with van der Waals surface area (Å²) in [6.07, 6.45) is 3.64. The third kappa shape index (κ3) is 5.36. The number of nitriles is 1. The van der Waals surface area contributed by atoms with Gasteiger partial charge in [0.05, 0.1) is 6.61 Å². The van der Waals surface area contributed by atoms with Gasteiger partial charge in [0, 0.05) is 17.4 Å². The summed E-state index contributed by atoms with van der Waals surface area (Å²) in [4.78, 5) is 16.7. The molecule has 1 amide bonds. The minimum atomic E-state index is -0.205. The Morgan fingerprint density at radius 1 is 1.13 bits per heavy atom. The number of pyridine rings is 1. The number of aromatic nitrogens is 1. The lowest BCUT2D eigenvalue weighted by atomic mass is 10.1. The molecular weight excluding hydrogens is 378 g/mol. The van der Waals surface area contributed by atoms with Gasteiger partial charge < -0.3 is 14.8 Å². The number of nitrogens with one attached hydrogen (secondary N) is 1. The summed E-state index contributed by atoms with van der Waals surface area (Å²) in [5, 5.41) is 12.1. The number of rotatable bonds is 8. The van der Waals surface area contributed by atoms with E-state index in [0.29, 0.717) is 29.2 Å². The van der Waals surface area contributed by atoms with Gasteiger partial charge in [0.1, 0.15) is 23.1 Å². The highest BCUT2D eigenvalue weighted by Crippen LogP contribution is 2.27. The summed E-state index contributed by atoms with van der Waals surface area (Å²) in [7, 11) is 0. The topological polar surface area (TPSA) is 84.2 Å². The first kappa shape index (κ1) is 20.9. The second-order valence-corrected chi connectivity index (χ2v) is 6.73. The van der Waals surface area contributed by atoms with Crippen molar-refractivity contribution in [1.29, 1.82) is 5.26 Å². The smallest absolute Gasteiger partial charge is 0.255 e. The lowest BCUT2D eigenvalue weighted by Gasteiger charge is -2.12. The molecule has 0 aliphatic heterocycles. The Bertz CT molecular complexity index is 1060. The summed E-state index contributed by atoms with van der Waals surface area (Å²) in [6, 6.07) is 17.7. The average molecular weight is 401 g/mol. The SMILES string of the molecule is CCCCOc1ccc(C(=O)Nc2ccc(Oc3ncccc3C#N)cc2C)cc1. The second kappa shape index (κ2) is 10.1. The van der Waals surface area contributed by atoms with Gasteiger partial charge in [-0.05, 0) is 73.5 Å². The van der Waals surface area contributed by atoms with Crippen molar-refractivity contribution in [3.8, 4) is 23.4 Å². The van der Waals surface area contributed by atoms with E-state index in [-0.39, 0.29) is 11.8 Å². The van der Waals surface area contributed by atoms with Crippen molar-refractivity contribution < 1.29 is 14.3 Å². The van der Waals surface area contributed by atoms with Gasteiger partial charge in [-0.2, -0.15) is 5.26 Å². The van der Waals surface area contributed by atoms with Crippen molar-refractivity contribution in [3.05, 3.63) is 77.5 Å². The number of unbranched alkanes of at least 4 members (excludes halogenated alkanes) is 1. The normalized spacial score (nSPS) is 10.2. The Balaban J connectivity index is 1.65. The molecule has 0 bridgehead atoms. The summed E-state index contributed by atoms with van der Waals surface area (Å²) in [6.45, 7) is 4.65. The Hall–Kier alpha value is -3.85. The molecule has 1 aromatic heterocycles. The highest BCUT2D eigenvalue weighted by molar-refractivity contribution is 6.04. The molecule has 3 rings (SSSR count). The maximum absolute atomic E-state index is 12.6. The largest absolute Gasteiger partial charge is 0.494 e. The number of aryl methyl sites for hydroxylation is 1. The number of anilines is 1. The van der Waals surface area contributed by atoms with Gasteiger partial charge in [-0.1, -0.05) is 13.3 Å². The van der Waals surface area contributed by atoms with Crippen LogP contribution >= 0.6 is 0 Å². The number of carbonyl (C=O) groups excluding carboxylic acids is 1. The molecule has 0 saturated carbocycles. The molecule has 0 fully saturated rings. The van der Waals surface area contributed by atoms with Crippen LogP contribution in [0.1, 0.15) is 41.3 Å². The molecule has 0 spiro atoms. The van der Waals surface area contributed by atoms with Gasteiger partial charge in [0.2, 0.25) is 5.88 Å². The van der Waals surface area contributed by atoms with E-state index in [4.69, 9.17) is 14.7 Å². The summed E-state index contributed by atoms with van der Waals surface area (Å²) >= 11 is 0. The van der Waals surface area contributed by atoms with Crippen molar-refractivity contribution in [2.45, 2.75) is 26.7 Å². The van der Waals surface area contributed by atoms with Crippen LogP contribution in [0.5, 0.6) is 17.4 Å². The number of nitrogens with zero attached hydrogens (tertiary/aromatic N) is 2. The molecular formula is C24H23N3O3. The monoisotopic (exact) mass is 401 g/mol. The minimum absolute atomic E-state index is 0.205. The van der Waals surface area contributed by atoms with Crippen LogP contribution in [0, 0.1) is 18.3 Å². The first-order valence-electron chi connectivity index (χ1n) is 9.78. The fourth-order valence-electron chi connectivity index (χ4n) is 2.74. The zero-order chi connectivity index (χ0) is 21.3. The summed E-state index contributed by atoms with van der Waals surface area (Å²) in [5.41, 5.74) is 2.41. The Labute approximate surface area is 176 Å². The van der Waals surface area contributed by atoms with Crippen LogP contribution in [0.25, 0.3) is 0 Å². The quantitative estimate of drug-likeness (QED) is 0.505. The van der Waals surface area contributed by atoms with Gasteiger partial charge in [0.25, 0.3) is 5.91 Å². The van der Waals surface area contributed by atoms with Gasteiger partial charge in [-0.25, -0.2) is 4.98 Å². The van der Waals surface area contributed by atoms with E-state index in [0.717, 1.165) is 24.2 Å². The van der Waals surface area contributed by atoms with Gasteiger partial charge >= 0.3 is 0 Å². The molecule has 0 atom stereocenters. The predicted molar refractivity (Wildman–Crippen MR) is 115 cm³/mol. The van der Waals surface area contributed by atoms with E-state index in [1.54, 1.807) is 60.8 Å². The fraction of sp³-hybridized carbons (Fsp3) is 0.208. The van der Waals surface area contributed by atoms with Crippen molar-refractivity contribution in [1.82, 2.24) is 4.98 Å². The number of carbonyl (C=O) groups is 1. The second-order valence-electron chi connectivity index (χ2n) is 6.73. The molecule has 0 aliphatic carbocycles. The van der Waals surface area contributed by atoms with Crippen molar-refractivity contribution in [3.63, 3.8) is 0 Å². The number of hydrogen-bond acceptors (Lipinski definition) is 5. The third-order valence-electron chi connectivity index (χ3n) is 4.44. The van der Waals surface area contributed by atoms with Crippen LogP contribution in [0.15, 0.2) is 60.8 Å². The van der Waals surface area contributed by atoms with E-state index in [2.05, 4.69) is 23.3 Å². The Morgan fingerprint density at radius 3 is 2.60 bits per heavy atom. The van der Waals surface area contributed by atoms with Crippen molar-refractivity contribution in [2.75, 3.05) is 11.9 Å². The van der Waals surface area contributed by atoms with E-state index in [1.807, 2.05) is 6.92 Å². The van der Waals surface area contributed by atoms with Crippen LogP contribution in [0.3, 0.4) is 0 Å². The molecule has 0 aliphatic rings.